The van der Waals surface area contributed by atoms with Crippen LogP contribution in [0.15, 0.2) is 4.79 Å². The minimum absolute atomic E-state index is 0.174. The molecule has 0 aliphatic heterocycles. The molecule has 0 aromatic carbocycles. The molecule has 1 atom stereocenters. The summed E-state index contributed by atoms with van der Waals surface area (Å²) in [7, 11) is 1.63. The summed E-state index contributed by atoms with van der Waals surface area (Å²) in [5.41, 5.74) is 1.19. The summed E-state index contributed by atoms with van der Waals surface area (Å²) < 4.78 is 0. The van der Waals surface area contributed by atoms with Gasteiger partial charge >= 0.3 is 0 Å². The first-order valence-electron chi connectivity index (χ1n) is 6.96. The van der Waals surface area contributed by atoms with Crippen molar-refractivity contribution >= 4 is 5.91 Å². The lowest BCUT2D eigenvalue weighted by atomic mass is 10.0. The molecule has 112 valence electrons. The van der Waals surface area contributed by atoms with E-state index in [0.717, 1.165) is 5.69 Å². The van der Waals surface area contributed by atoms with Crippen LogP contribution in [0.5, 0.6) is 0 Å². The number of aliphatic hydroxyl groups excluding tert-OH is 1. The molecule has 6 heteroatoms. The zero-order valence-electron chi connectivity index (χ0n) is 12.6. The molecule has 1 heterocycles. The number of hydrogen-bond acceptors (Lipinski definition) is 4. The molecule has 20 heavy (non-hydrogen) atoms. The van der Waals surface area contributed by atoms with Crippen LogP contribution in [0.3, 0.4) is 0 Å². The third-order valence-electron chi connectivity index (χ3n) is 3.30. The molecule has 2 N–H and O–H groups in total. The molecular formula is C14H23N3O3. The largest absolute Gasteiger partial charge is 0.393 e. The standard InChI is InChI=1S/C14H23N3O3/c1-5-10-11(6-2)15-16-13(19)12(10)14(20)17(4)8-7-9(3)18/h9,18H,5-8H2,1-4H3,(H,16,19). The minimum Gasteiger partial charge on any atom is -0.393 e. The first-order valence-corrected chi connectivity index (χ1v) is 6.96. The molecular weight excluding hydrogens is 258 g/mol. The zero-order chi connectivity index (χ0) is 15.3. The van der Waals surface area contributed by atoms with Gasteiger partial charge in [0.15, 0.2) is 0 Å². The monoisotopic (exact) mass is 281 g/mol. The molecule has 1 rings (SSSR count). The number of hydrogen-bond donors (Lipinski definition) is 2. The van der Waals surface area contributed by atoms with Gasteiger partial charge in [0.1, 0.15) is 5.56 Å². The number of rotatable bonds is 6. The molecule has 0 bridgehead atoms. The minimum atomic E-state index is -0.474. The van der Waals surface area contributed by atoms with Crippen LogP contribution in [-0.2, 0) is 12.8 Å². The Hall–Kier alpha value is -1.69. The lowest BCUT2D eigenvalue weighted by Crippen LogP contribution is -2.35. The predicted octanol–water partition coefficient (Wildman–Crippen LogP) is 0.738. The Kier molecular flexibility index (Phi) is 5.88. The summed E-state index contributed by atoms with van der Waals surface area (Å²) >= 11 is 0. The molecule has 0 aliphatic rings. The van der Waals surface area contributed by atoms with E-state index in [2.05, 4.69) is 10.2 Å². The molecule has 0 spiro atoms. The van der Waals surface area contributed by atoms with E-state index in [1.165, 1.54) is 4.90 Å². The second-order valence-electron chi connectivity index (χ2n) is 4.92. The second kappa shape index (κ2) is 7.19. The Bertz CT molecular complexity index is 523. The van der Waals surface area contributed by atoms with Crippen LogP contribution >= 0.6 is 0 Å². The average molecular weight is 281 g/mol. The number of nitrogens with zero attached hydrogens (tertiary/aromatic N) is 2. The summed E-state index contributed by atoms with van der Waals surface area (Å²) in [6.45, 7) is 5.92. The molecule has 0 fully saturated rings. The van der Waals surface area contributed by atoms with Crippen molar-refractivity contribution in [2.75, 3.05) is 13.6 Å². The Balaban J connectivity index is 3.11. The fourth-order valence-corrected chi connectivity index (χ4v) is 2.10. The molecule has 6 nitrogen and oxygen atoms in total. The van der Waals surface area contributed by atoms with E-state index in [0.29, 0.717) is 31.4 Å². The van der Waals surface area contributed by atoms with Crippen LogP contribution in [0.1, 0.15) is 48.8 Å². The fourth-order valence-electron chi connectivity index (χ4n) is 2.10. The number of H-pyrrole nitrogens is 1. The highest BCUT2D eigenvalue weighted by Crippen LogP contribution is 2.12. The van der Waals surface area contributed by atoms with Gasteiger partial charge in [-0.1, -0.05) is 13.8 Å². The van der Waals surface area contributed by atoms with E-state index in [-0.39, 0.29) is 11.5 Å². The average Bonchev–Trinajstić information content (AvgIpc) is 2.43. The highest BCUT2D eigenvalue weighted by molar-refractivity contribution is 5.95. The third kappa shape index (κ3) is 3.66. The third-order valence-corrected chi connectivity index (χ3v) is 3.30. The molecule has 1 unspecified atom stereocenters. The lowest BCUT2D eigenvalue weighted by molar-refractivity contribution is 0.0765. The van der Waals surface area contributed by atoms with E-state index in [9.17, 15) is 14.7 Å². The highest BCUT2D eigenvalue weighted by Gasteiger charge is 2.21. The van der Waals surface area contributed by atoms with Crippen LogP contribution in [0.4, 0.5) is 0 Å². The van der Waals surface area contributed by atoms with Crippen LogP contribution in [-0.4, -0.2) is 45.8 Å². The van der Waals surface area contributed by atoms with Gasteiger partial charge in [-0.2, -0.15) is 5.10 Å². The maximum atomic E-state index is 12.4. The van der Waals surface area contributed by atoms with Crippen molar-refractivity contribution in [1.29, 1.82) is 0 Å². The lowest BCUT2D eigenvalue weighted by Gasteiger charge is -2.19. The van der Waals surface area contributed by atoms with Crippen molar-refractivity contribution in [2.45, 2.75) is 46.1 Å². The Labute approximate surface area is 118 Å². The maximum Gasteiger partial charge on any atom is 0.277 e. The Morgan fingerprint density at radius 3 is 2.55 bits per heavy atom. The summed E-state index contributed by atoms with van der Waals surface area (Å²) in [6.07, 6.45) is 1.26. The van der Waals surface area contributed by atoms with Gasteiger partial charge in [-0.05, 0) is 31.7 Å². The van der Waals surface area contributed by atoms with E-state index in [1.807, 2.05) is 13.8 Å². The smallest absolute Gasteiger partial charge is 0.277 e. The van der Waals surface area contributed by atoms with Crippen molar-refractivity contribution in [1.82, 2.24) is 15.1 Å². The van der Waals surface area contributed by atoms with Crippen LogP contribution in [0, 0.1) is 0 Å². The number of carbonyl (C=O) groups excluding carboxylic acids is 1. The predicted molar refractivity (Wildman–Crippen MR) is 76.9 cm³/mol. The molecule has 0 saturated carbocycles. The topological polar surface area (TPSA) is 86.3 Å². The van der Waals surface area contributed by atoms with Crippen LogP contribution < -0.4 is 5.56 Å². The molecule has 1 aromatic heterocycles. The molecule has 0 saturated heterocycles. The van der Waals surface area contributed by atoms with Gasteiger partial charge in [0.05, 0.1) is 11.8 Å². The van der Waals surface area contributed by atoms with Crippen molar-refractivity contribution in [3.8, 4) is 0 Å². The van der Waals surface area contributed by atoms with Crippen molar-refractivity contribution < 1.29 is 9.90 Å². The van der Waals surface area contributed by atoms with Crippen LogP contribution in [0.25, 0.3) is 0 Å². The van der Waals surface area contributed by atoms with E-state index < -0.39 is 11.7 Å². The zero-order valence-corrected chi connectivity index (χ0v) is 12.6. The van der Waals surface area contributed by atoms with Gasteiger partial charge in [0.2, 0.25) is 0 Å². The first kappa shape index (κ1) is 16.4. The van der Waals surface area contributed by atoms with Crippen molar-refractivity contribution in [3.63, 3.8) is 0 Å². The normalized spacial score (nSPS) is 12.2. The van der Waals surface area contributed by atoms with E-state index >= 15 is 0 Å². The van der Waals surface area contributed by atoms with Crippen molar-refractivity contribution in [2.24, 2.45) is 0 Å². The fraction of sp³-hybridized carbons (Fsp3) is 0.643. The van der Waals surface area contributed by atoms with Crippen molar-refractivity contribution in [3.05, 3.63) is 27.2 Å². The number of amides is 1. The SMILES string of the molecule is CCc1n[nH]c(=O)c(C(=O)N(C)CCC(C)O)c1CC. The van der Waals surface area contributed by atoms with E-state index in [4.69, 9.17) is 0 Å². The number of nitrogens with one attached hydrogen (secondary N) is 1. The first-order chi connectivity index (χ1) is 9.42. The Morgan fingerprint density at radius 1 is 1.40 bits per heavy atom. The summed E-state index contributed by atoms with van der Waals surface area (Å²) in [5.74, 6) is -0.319. The molecule has 1 amide bonds. The van der Waals surface area contributed by atoms with E-state index in [1.54, 1.807) is 14.0 Å². The summed E-state index contributed by atoms with van der Waals surface area (Å²) in [5, 5.41) is 15.7. The molecule has 0 radical (unpaired) electrons. The van der Waals surface area contributed by atoms with Gasteiger partial charge in [-0.15, -0.1) is 0 Å². The number of aryl methyl sites for hydroxylation is 1. The van der Waals surface area contributed by atoms with Gasteiger partial charge in [0.25, 0.3) is 11.5 Å². The number of aromatic amines is 1. The summed E-state index contributed by atoms with van der Waals surface area (Å²) in [4.78, 5) is 25.8. The Morgan fingerprint density at radius 2 is 2.05 bits per heavy atom. The quantitative estimate of drug-likeness (QED) is 0.805. The number of carbonyl (C=O) groups is 1. The van der Waals surface area contributed by atoms with Gasteiger partial charge < -0.3 is 10.0 Å². The number of aliphatic hydroxyl groups is 1. The van der Waals surface area contributed by atoms with Gasteiger partial charge in [-0.3, -0.25) is 9.59 Å². The summed E-state index contributed by atoms with van der Waals surface area (Å²) in [6, 6.07) is 0. The van der Waals surface area contributed by atoms with Gasteiger partial charge in [0, 0.05) is 13.6 Å². The van der Waals surface area contributed by atoms with Gasteiger partial charge in [-0.25, -0.2) is 5.10 Å². The second-order valence-corrected chi connectivity index (χ2v) is 4.92. The molecule has 0 aliphatic carbocycles. The highest BCUT2D eigenvalue weighted by atomic mass is 16.3. The molecule has 1 aromatic rings. The maximum absolute atomic E-state index is 12.4. The number of aromatic nitrogens is 2. The van der Waals surface area contributed by atoms with Crippen LogP contribution in [0.2, 0.25) is 0 Å².